The van der Waals surface area contributed by atoms with Crippen LogP contribution in [0.1, 0.15) is 30.8 Å². The fourth-order valence-electron chi connectivity index (χ4n) is 2.07. The standard InChI is InChI=1S/C12H18N2O3/c15-12(16)4-3-10-9-17-11(13-10)5-8-14-6-1-2-7-14/h9H,1-8H2,(H,15,16). The molecule has 0 aromatic carbocycles. The smallest absolute Gasteiger partial charge is 0.303 e. The first-order valence-electron chi connectivity index (χ1n) is 6.11. The van der Waals surface area contributed by atoms with Gasteiger partial charge in [-0.05, 0) is 25.9 Å². The largest absolute Gasteiger partial charge is 0.481 e. The Labute approximate surface area is 100 Å². The van der Waals surface area contributed by atoms with E-state index in [-0.39, 0.29) is 6.42 Å². The van der Waals surface area contributed by atoms with Crippen LogP contribution in [-0.4, -0.2) is 40.6 Å². The van der Waals surface area contributed by atoms with Gasteiger partial charge in [0.15, 0.2) is 5.89 Å². The number of carboxylic acid groups (broad SMARTS) is 1. The van der Waals surface area contributed by atoms with Crippen molar-refractivity contribution in [2.45, 2.75) is 32.1 Å². The molecule has 0 aliphatic carbocycles. The summed E-state index contributed by atoms with van der Waals surface area (Å²) in [4.78, 5) is 17.1. The number of aliphatic carboxylic acids is 1. The maximum atomic E-state index is 10.4. The molecule has 17 heavy (non-hydrogen) atoms. The zero-order chi connectivity index (χ0) is 12.1. The second kappa shape index (κ2) is 5.82. The van der Waals surface area contributed by atoms with Crippen molar-refractivity contribution in [3.63, 3.8) is 0 Å². The van der Waals surface area contributed by atoms with Gasteiger partial charge < -0.3 is 14.4 Å². The predicted octanol–water partition coefficient (Wildman–Crippen LogP) is 1.33. The lowest BCUT2D eigenvalue weighted by Gasteiger charge is -2.12. The molecule has 5 heteroatoms. The summed E-state index contributed by atoms with van der Waals surface area (Å²) in [6, 6.07) is 0. The molecule has 2 heterocycles. The summed E-state index contributed by atoms with van der Waals surface area (Å²) < 4.78 is 5.33. The van der Waals surface area contributed by atoms with E-state index in [9.17, 15) is 4.79 Å². The Hall–Kier alpha value is -1.36. The van der Waals surface area contributed by atoms with E-state index in [2.05, 4.69) is 9.88 Å². The number of likely N-dealkylation sites (tertiary alicyclic amines) is 1. The molecule has 0 atom stereocenters. The third kappa shape index (κ3) is 3.85. The maximum absolute atomic E-state index is 10.4. The molecule has 0 radical (unpaired) electrons. The van der Waals surface area contributed by atoms with Crippen LogP contribution in [0.2, 0.25) is 0 Å². The molecule has 1 N–H and O–H groups in total. The fourth-order valence-corrected chi connectivity index (χ4v) is 2.07. The van der Waals surface area contributed by atoms with Crippen LogP contribution in [0.25, 0.3) is 0 Å². The molecule has 1 fully saturated rings. The van der Waals surface area contributed by atoms with Gasteiger partial charge in [-0.15, -0.1) is 0 Å². The molecule has 0 saturated carbocycles. The first-order chi connectivity index (χ1) is 8.24. The Bertz CT molecular complexity index is 370. The summed E-state index contributed by atoms with van der Waals surface area (Å²) in [7, 11) is 0. The minimum atomic E-state index is -0.799. The van der Waals surface area contributed by atoms with Gasteiger partial charge in [0.25, 0.3) is 0 Å². The van der Waals surface area contributed by atoms with Gasteiger partial charge in [0.2, 0.25) is 0 Å². The van der Waals surface area contributed by atoms with Gasteiger partial charge in [-0.1, -0.05) is 0 Å². The number of hydrogen-bond donors (Lipinski definition) is 1. The van der Waals surface area contributed by atoms with Crippen molar-refractivity contribution in [2.24, 2.45) is 0 Å². The van der Waals surface area contributed by atoms with Gasteiger partial charge in [0, 0.05) is 19.4 Å². The fraction of sp³-hybridized carbons (Fsp3) is 0.667. The van der Waals surface area contributed by atoms with Crippen LogP contribution in [0.15, 0.2) is 10.7 Å². The predicted molar refractivity (Wildman–Crippen MR) is 61.8 cm³/mol. The van der Waals surface area contributed by atoms with E-state index >= 15 is 0 Å². The van der Waals surface area contributed by atoms with Gasteiger partial charge in [-0.2, -0.15) is 0 Å². The molecule has 1 aliphatic heterocycles. The summed E-state index contributed by atoms with van der Waals surface area (Å²) >= 11 is 0. The van der Waals surface area contributed by atoms with Crippen molar-refractivity contribution in [2.75, 3.05) is 19.6 Å². The summed E-state index contributed by atoms with van der Waals surface area (Å²) in [6.45, 7) is 3.33. The molecular formula is C12H18N2O3. The highest BCUT2D eigenvalue weighted by Crippen LogP contribution is 2.10. The normalized spacial score (nSPS) is 16.5. The van der Waals surface area contributed by atoms with Crippen LogP contribution in [0, 0.1) is 0 Å². The SMILES string of the molecule is O=C(O)CCc1coc(CCN2CCCC2)n1. The van der Waals surface area contributed by atoms with Crippen molar-refractivity contribution in [3.05, 3.63) is 17.8 Å². The topological polar surface area (TPSA) is 66.6 Å². The number of aromatic nitrogens is 1. The number of oxazole rings is 1. The van der Waals surface area contributed by atoms with Gasteiger partial charge in [-0.3, -0.25) is 4.79 Å². The number of aryl methyl sites for hydroxylation is 1. The third-order valence-corrected chi connectivity index (χ3v) is 3.03. The van der Waals surface area contributed by atoms with Crippen molar-refractivity contribution >= 4 is 5.97 Å². The molecule has 1 saturated heterocycles. The number of carbonyl (C=O) groups is 1. The first-order valence-corrected chi connectivity index (χ1v) is 6.11. The Morgan fingerprint density at radius 2 is 2.18 bits per heavy atom. The number of carboxylic acids is 1. The van der Waals surface area contributed by atoms with Crippen LogP contribution < -0.4 is 0 Å². The third-order valence-electron chi connectivity index (χ3n) is 3.03. The number of nitrogens with zero attached hydrogens (tertiary/aromatic N) is 2. The van der Waals surface area contributed by atoms with Crippen LogP contribution in [0.3, 0.4) is 0 Å². The second-order valence-corrected chi connectivity index (χ2v) is 4.43. The summed E-state index contributed by atoms with van der Waals surface area (Å²) in [5, 5.41) is 8.56. The van der Waals surface area contributed by atoms with Gasteiger partial charge in [0.1, 0.15) is 6.26 Å². The zero-order valence-electron chi connectivity index (χ0n) is 9.89. The Morgan fingerprint density at radius 3 is 2.88 bits per heavy atom. The van der Waals surface area contributed by atoms with E-state index in [1.807, 2.05) is 0 Å². The van der Waals surface area contributed by atoms with E-state index in [4.69, 9.17) is 9.52 Å². The molecule has 2 rings (SSSR count). The zero-order valence-corrected chi connectivity index (χ0v) is 9.89. The molecule has 0 bridgehead atoms. The van der Waals surface area contributed by atoms with Crippen LogP contribution in [0.5, 0.6) is 0 Å². The van der Waals surface area contributed by atoms with Gasteiger partial charge in [-0.25, -0.2) is 4.98 Å². The Balaban J connectivity index is 1.75. The monoisotopic (exact) mass is 238 g/mol. The van der Waals surface area contributed by atoms with Crippen LogP contribution in [0.4, 0.5) is 0 Å². The van der Waals surface area contributed by atoms with Gasteiger partial charge >= 0.3 is 5.97 Å². The molecule has 1 aliphatic rings. The van der Waals surface area contributed by atoms with E-state index in [1.165, 1.54) is 25.9 Å². The van der Waals surface area contributed by atoms with E-state index in [0.717, 1.165) is 24.6 Å². The molecule has 0 unspecified atom stereocenters. The molecule has 1 aromatic heterocycles. The maximum Gasteiger partial charge on any atom is 0.303 e. The lowest BCUT2D eigenvalue weighted by Crippen LogP contribution is -2.22. The van der Waals surface area contributed by atoms with Crippen molar-refractivity contribution in [1.82, 2.24) is 9.88 Å². The quantitative estimate of drug-likeness (QED) is 0.809. The molecule has 94 valence electrons. The highest BCUT2D eigenvalue weighted by atomic mass is 16.4. The summed E-state index contributed by atoms with van der Waals surface area (Å²) in [5.74, 6) is -0.0797. The molecule has 5 nitrogen and oxygen atoms in total. The second-order valence-electron chi connectivity index (χ2n) is 4.43. The highest BCUT2D eigenvalue weighted by molar-refractivity contribution is 5.66. The average Bonchev–Trinajstić information content (AvgIpc) is 2.95. The minimum Gasteiger partial charge on any atom is -0.481 e. The lowest BCUT2D eigenvalue weighted by atomic mass is 10.2. The Kier molecular flexibility index (Phi) is 4.14. The van der Waals surface area contributed by atoms with E-state index in [0.29, 0.717) is 6.42 Å². The minimum absolute atomic E-state index is 0.109. The lowest BCUT2D eigenvalue weighted by molar-refractivity contribution is -0.136. The highest BCUT2D eigenvalue weighted by Gasteiger charge is 2.12. The molecule has 1 aromatic rings. The molecular weight excluding hydrogens is 220 g/mol. The summed E-state index contributed by atoms with van der Waals surface area (Å²) in [5.41, 5.74) is 0.740. The van der Waals surface area contributed by atoms with Crippen molar-refractivity contribution in [3.8, 4) is 0 Å². The van der Waals surface area contributed by atoms with Crippen LogP contribution in [-0.2, 0) is 17.6 Å². The number of hydrogen-bond acceptors (Lipinski definition) is 4. The van der Waals surface area contributed by atoms with Gasteiger partial charge in [0.05, 0.1) is 12.1 Å². The summed E-state index contributed by atoms with van der Waals surface area (Å²) in [6.07, 6.45) is 5.51. The van der Waals surface area contributed by atoms with Crippen molar-refractivity contribution in [1.29, 1.82) is 0 Å². The number of rotatable bonds is 6. The van der Waals surface area contributed by atoms with Crippen molar-refractivity contribution < 1.29 is 14.3 Å². The van der Waals surface area contributed by atoms with E-state index in [1.54, 1.807) is 6.26 Å². The first kappa shape index (κ1) is 12.1. The molecule has 0 spiro atoms. The molecule has 0 amide bonds. The van der Waals surface area contributed by atoms with Crippen LogP contribution >= 0.6 is 0 Å². The Morgan fingerprint density at radius 1 is 1.41 bits per heavy atom. The van der Waals surface area contributed by atoms with E-state index < -0.39 is 5.97 Å². The average molecular weight is 238 g/mol.